The van der Waals surface area contributed by atoms with Crippen LogP contribution in [0.25, 0.3) is 10.8 Å². The van der Waals surface area contributed by atoms with Gasteiger partial charge in [0.05, 0.1) is 5.69 Å². The summed E-state index contributed by atoms with van der Waals surface area (Å²) in [5, 5.41) is 8.64. The molecule has 146 valence electrons. The van der Waals surface area contributed by atoms with Gasteiger partial charge in [-0.3, -0.25) is 14.7 Å². The quantitative estimate of drug-likeness (QED) is 0.653. The van der Waals surface area contributed by atoms with E-state index in [0.717, 1.165) is 16.5 Å². The number of thiophene rings is 1. The van der Waals surface area contributed by atoms with Crippen molar-refractivity contribution < 1.29 is 14.3 Å². The molecule has 0 aliphatic carbocycles. The van der Waals surface area contributed by atoms with E-state index in [4.69, 9.17) is 4.74 Å². The molecule has 0 saturated carbocycles. The molecule has 0 unspecified atom stereocenters. The second-order valence-electron chi connectivity index (χ2n) is 7.35. The summed E-state index contributed by atoms with van der Waals surface area (Å²) >= 11 is 1.49. The molecule has 2 aromatic heterocycles. The number of anilines is 2. The Bertz CT molecular complexity index is 964. The predicted molar refractivity (Wildman–Crippen MR) is 113 cm³/mol. The molecule has 7 heteroatoms. The number of nitrogens with zero attached hydrogens (tertiary/aromatic N) is 2. The third-order valence-electron chi connectivity index (χ3n) is 3.92. The molecule has 2 heterocycles. The van der Waals surface area contributed by atoms with Gasteiger partial charge in [-0.15, -0.1) is 0 Å². The molecule has 0 radical (unpaired) electrons. The highest BCUT2D eigenvalue weighted by molar-refractivity contribution is 7.08. The van der Waals surface area contributed by atoms with Crippen molar-refractivity contribution in [2.45, 2.75) is 32.8 Å². The summed E-state index contributed by atoms with van der Waals surface area (Å²) in [6.45, 7) is 5.69. The minimum atomic E-state index is -0.604. The standard InChI is InChI=1S/C21H23N3O3S/c1-21(2,3)27-20(26)24(18-8-11-28-14-18)10-7-19(25)23-17-5-4-16-13-22-9-6-15(16)12-17/h4-6,8-9,11-14H,7,10H2,1-3H3,(H,23,25). The van der Waals surface area contributed by atoms with Gasteiger partial charge >= 0.3 is 6.09 Å². The lowest BCUT2D eigenvalue weighted by molar-refractivity contribution is -0.116. The average molecular weight is 398 g/mol. The van der Waals surface area contributed by atoms with Gasteiger partial charge in [0.25, 0.3) is 0 Å². The Morgan fingerprint density at radius 1 is 1.18 bits per heavy atom. The van der Waals surface area contributed by atoms with Crippen molar-refractivity contribution in [3.63, 3.8) is 0 Å². The van der Waals surface area contributed by atoms with Gasteiger partial charge in [-0.1, -0.05) is 6.07 Å². The maximum absolute atomic E-state index is 12.5. The summed E-state index contributed by atoms with van der Waals surface area (Å²) in [5.41, 5.74) is 0.835. The fourth-order valence-corrected chi connectivity index (χ4v) is 3.29. The molecule has 3 rings (SSSR count). The number of aromatic nitrogens is 1. The number of nitrogens with one attached hydrogen (secondary N) is 1. The largest absolute Gasteiger partial charge is 0.443 e. The summed E-state index contributed by atoms with van der Waals surface area (Å²) in [7, 11) is 0. The van der Waals surface area contributed by atoms with Crippen LogP contribution in [0.2, 0.25) is 0 Å². The second-order valence-corrected chi connectivity index (χ2v) is 8.13. The number of fused-ring (bicyclic) bond motifs is 1. The lowest BCUT2D eigenvalue weighted by atomic mass is 10.1. The molecule has 28 heavy (non-hydrogen) atoms. The van der Waals surface area contributed by atoms with Crippen LogP contribution in [0.5, 0.6) is 0 Å². The van der Waals surface area contributed by atoms with Crippen LogP contribution >= 0.6 is 11.3 Å². The van der Waals surface area contributed by atoms with E-state index in [0.29, 0.717) is 5.69 Å². The number of carbonyl (C=O) groups is 2. The van der Waals surface area contributed by atoms with Gasteiger partial charge < -0.3 is 10.1 Å². The number of ether oxygens (including phenoxy) is 1. The summed E-state index contributed by atoms with van der Waals surface area (Å²) < 4.78 is 5.48. The predicted octanol–water partition coefficient (Wildman–Crippen LogP) is 5.07. The van der Waals surface area contributed by atoms with E-state index < -0.39 is 11.7 Å². The first kappa shape index (κ1) is 19.8. The van der Waals surface area contributed by atoms with E-state index in [1.165, 1.54) is 16.2 Å². The van der Waals surface area contributed by atoms with Crippen LogP contribution in [0, 0.1) is 0 Å². The number of rotatable bonds is 5. The Hall–Kier alpha value is -2.93. The van der Waals surface area contributed by atoms with Crippen molar-refractivity contribution in [3.8, 4) is 0 Å². The van der Waals surface area contributed by atoms with E-state index in [-0.39, 0.29) is 18.9 Å². The number of hydrogen-bond acceptors (Lipinski definition) is 5. The van der Waals surface area contributed by atoms with Gasteiger partial charge in [0, 0.05) is 41.8 Å². The molecule has 0 aliphatic heterocycles. The third kappa shape index (κ3) is 5.29. The summed E-state index contributed by atoms with van der Waals surface area (Å²) in [6.07, 6.45) is 3.19. The average Bonchev–Trinajstić information content (AvgIpc) is 3.14. The van der Waals surface area contributed by atoms with Crippen LogP contribution in [0.1, 0.15) is 27.2 Å². The zero-order valence-electron chi connectivity index (χ0n) is 16.1. The molecule has 6 nitrogen and oxygen atoms in total. The van der Waals surface area contributed by atoms with Crippen molar-refractivity contribution >= 4 is 45.5 Å². The highest BCUT2D eigenvalue weighted by atomic mass is 32.1. The first-order valence-electron chi connectivity index (χ1n) is 8.98. The maximum Gasteiger partial charge on any atom is 0.414 e. The van der Waals surface area contributed by atoms with Crippen LogP contribution in [-0.4, -0.2) is 29.1 Å². The Kier molecular flexibility index (Phi) is 5.94. The van der Waals surface area contributed by atoms with E-state index in [2.05, 4.69) is 10.3 Å². The van der Waals surface area contributed by atoms with Crippen molar-refractivity contribution in [3.05, 3.63) is 53.5 Å². The third-order valence-corrected chi connectivity index (χ3v) is 4.59. The van der Waals surface area contributed by atoms with Crippen molar-refractivity contribution in [2.75, 3.05) is 16.8 Å². The monoisotopic (exact) mass is 397 g/mol. The zero-order chi connectivity index (χ0) is 20.1. The Morgan fingerprint density at radius 3 is 2.71 bits per heavy atom. The van der Waals surface area contributed by atoms with Crippen LogP contribution < -0.4 is 10.2 Å². The molecule has 0 atom stereocenters. The van der Waals surface area contributed by atoms with Crippen molar-refractivity contribution in [1.82, 2.24) is 4.98 Å². The number of hydrogen-bond donors (Lipinski definition) is 1. The fourth-order valence-electron chi connectivity index (χ4n) is 2.65. The van der Waals surface area contributed by atoms with Crippen LogP contribution in [0.15, 0.2) is 53.5 Å². The topological polar surface area (TPSA) is 71.5 Å². The van der Waals surface area contributed by atoms with E-state index >= 15 is 0 Å². The van der Waals surface area contributed by atoms with Gasteiger partial charge in [-0.05, 0) is 55.8 Å². The van der Waals surface area contributed by atoms with Gasteiger partial charge in [-0.2, -0.15) is 11.3 Å². The molecule has 1 aromatic carbocycles. The van der Waals surface area contributed by atoms with E-state index in [1.54, 1.807) is 12.4 Å². The zero-order valence-corrected chi connectivity index (χ0v) is 17.0. The second kappa shape index (κ2) is 8.39. The molecule has 1 N–H and O–H groups in total. The molecule has 0 saturated heterocycles. The van der Waals surface area contributed by atoms with E-state index in [1.807, 2.05) is 61.9 Å². The summed E-state index contributed by atoms with van der Waals surface area (Å²) in [6, 6.07) is 9.39. The Morgan fingerprint density at radius 2 is 2.00 bits per heavy atom. The summed E-state index contributed by atoms with van der Waals surface area (Å²) in [5.74, 6) is -0.169. The van der Waals surface area contributed by atoms with E-state index in [9.17, 15) is 9.59 Å². The van der Waals surface area contributed by atoms with Gasteiger partial charge in [0.1, 0.15) is 5.60 Å². The normalized spacial score (nSPS) is 11.2. The first-order valence-corrected chi connectivity index (χ1v) is 9.92. The molecule has 0 bridgehead atoms. The van der Waals surface area contributed by atoms with Crippen molar-refractivity contribution in [2.24, 2.45) is 0 Å². The van der Waals surface area contributed by atoms with Crippen LogP contribution in [0.3, 0.4) is 0 Å². The number of amides is 2. The fraction of sp³-hybridized carbons (Fsp3) is 0.286. The highest BCUT2D eigenvalue weighted by Crippen LogP contribution is 2.22. The summed E-state index contributed by atoms with van der Waals surface area (Å²) in [4.78, 5) is 30.6. The van der Waals surface area contributed by atoms with Crippen molar-refractivity contribution in [1.29, 1.82) is 0 Å². The highest BCUT2D eigenvalue weighted by Gasteiger charge is 2.24. The molecular formula is C21H23N3O3S. The molecule has 0 fully saturated rings. The minimum absolute atomic E-state index is 0.156. The number of carbonyl (C=O) groups excluding carboxylic acids is 2. The molecule has 0 spiro atoms. The maximum atomic E-state index is 12.5. The number of benzene rings is 1. The van der Waals surface area contributed by atoms with Gasteiger partial charge in [0.15, 0.2) is 0 Å². The lowest BCUT2D eigenvalue weighted by Gasteiger charge is -2.26. The first-order chi connectivity index (χ1) is 13.3. The molecule has 0 aliphatic rings. The van der Waals surface area contributed by atoms with Gasteiger partial charge in [-0.25, -0.2) is 4.79 Å². The van der Waals surface area contributed by atoms with Crippen LogP contribution in [-0.2, 0) is 9.53 Å². The van der Waals surface area contributed by atoms with Gasteiger partial charge in [0.2, 0.25) is 5.91 Å². The minimum Gasteiger partial charge on any atom is -0.443 e. The lowest BCUT2D eigenvalue weighted by Crippen LogP contribution is -2.38. The Labute approximate surface area is 168 Å². The SMILES string of the molecule is CC(C)(C)OC(=O)N(CCC(=O)Nc1ccc2cnccc2c1)c1ccsc1. The molecule has 2 amide bonds. The Balaban J connectivity index is 1.65. The van der Waals surface area contributed by atoms with Crippen LogP contribution in [0.4, 0.5) is 16.2 Å². The molecule has 3 aromatic rings. The molecular weight excluding hydrogens is 374 g/mol. The smallest absolute Gasteiger partial charge is 0.414 e. The number of pyridine rings is 1.